The minimum absolute atomic E-state index is 0.165. The summed E-state index contributed by atoms with van der Waals surface area (Å²) in [6.45, 7) is 0. The number of alkyl halides is 5. The van der Waals surface area contributed by atoms with Gasteiger partial charge in [-0.25, -0.2) is 13.8 Å². The SMILES string of the molecule is FC(F)c1ccnc(NC(C2CC2)C(F)(F)F)c1. The van der Waals surface area contributed by atoms with Crippen LogP contribution in [-0.2, 0) is 0 Å². The monoisotopic (exact) mass is 266 g/mol. The Bertz CT molecular complexity index is 414. The highest BCUT2D eigenvalue weighted by atomic mass is 19.4. The zero-order chi connectivity index (χ0) is 13.3. The number of rotatable bonds is 4. The van der Waals surface area contributed by atoms with Gasteiger partial charge in [0.2, 0.25) is 0 Å². The molecule has 0 radical (unpaired) electrons. The van der Waals surface area contributed by atoms with Gasteiger partial charge < -0.3 is 5.32 Å². The molecule has 100 valence electrons. The minimum atomic E-state index is -4.40. The third-order valence-corrected chi connectivity index (χ3v) is 2.79. The van der Waals surface area contributed by atoms with Crippen molar-refractivity contribution in [2.75, 3.05) is 5.32 Å². The van der Waals surface area contributed by atoms with E-state index in [-0.39, 0.29) is 11.4 Å². The maximum Gasteiger partial charge on any atom is 0.408 e. The van der Waals surface area contributed by atoms with E-state index in [1.807, 2.05) is 0 Å². The van der Waals surface area contributed by atoms with Gasteiger partial charge in [-0.3, -0.25) is 0 Å². The summed E-state index contributed by atoms with van der Waals surface area (Å²) >= 11 is 0. The van der Waals surface area contributed by atoms with Crippen LogP contribution in [0.1, 0.15) is 24.8 Å². The quantitative estimate of drug-likeness (QED) is 0.839. The standard InChI is InChI=1S/C11H11F5N2/c12-10(13)7-3-4-17-8(5-7)18-9(6-1-2-6)11(14,15)16/h3-6,9-10H,1-2H2,(H,17,18). The molecule has 1 fully saturated rings. The Morgan fingerprint density at radius 1 is 1.28 bits per heavy atom. The summed E-state index contributed by atoms with van der Waals surface area (Å²) in [5.41, 5.74) is -0.343. The lowest BCUT2D eigenvalue weighted by atomic mass is 10.1. The molecule has 0 bridgehead atoms. The summed E-state index contributed by atoms with van der Waals surface area (Å²) < 4.78 is 63.0. The fourth-order valence-electron chi connectivity index (χ4n) is 1.72. The zero-order valence-corrected chi connectivity index (χ0v) is 9.22. The van der Waals surface area contributed by atoms with Gasteiger partial charge in [-0.05, 0) is 30.9 Å². The van der Waals surface area contributed by atoms with E-state index in [9.17, 15) is 22.0 Å². The molecule has 0 spiro atoms. The van der Waals surface area contributed by atoms with Crippen LogP contribution in [-0.4, -0.2) is 17.2 Å². The minimum Gasteiger partial charge on any atom is -0.358 e. The van der Waals surface area contributed by atoms with Crippen molar-refractivity contribution in [1.82, 2.24) is 4.98 Å². The molecule has 1 aliphatic carbocycles. The van der Waals surface area contributed by atoms with Gasteiger partial charge in [-0.15, -0.1) is 0 Å². The second-order valence-corrected chi connectivity index (χ2v) is 4.28. The van der Waals surface area contributed by atoms with E-state index in [4.69, 9.17) is 0 Å². The van der Waals surface area contributed by atoms with Crippen LogP contribution in [0.2, 0.25) is 0 Å². The van der Waals surface area contributed by atoms with Gasteiger partial charge in [-0.1, -0.05) is 0 Å². The van der Waals surface area contributed by atoms with Gasteiger partial charge in [0.1, 0.15) is 11.9 Å². The van der Waals surface area contributed by atoms with Crippen molar-refractivity contribution in [3.05, 3.63) is 23.9 Å². The lowest BCUT2D eigenvalue weighted by molar-refractivity contribution is -0.146. The fourth-order valence-corrected chi connectivity index (χ4v) is 1.72. The molecule has 0 aliphatic heterocycles. The van der Waals surface area contributed by atoms with Gasteiger partial charge in [0.05, 0.1) is 0 Å². The first-order valence-corrected chi connectivity index (χ1v) is 5.45. The van der Waals surface area contributed by atoms with E-state index < -0.39 is 24.6 Å². The molecule has 1 aromatic heterocycles. The molecule has 1 aromatic rings. The largest absolute Gasteiger partial charge is 0.408 e. The summed E-state index contributed by atoms with van der Waals surface area (Å²) in [6, 6.07) is 0.319. The summed E-state index contributed by atoms with van der Waals surface area (Å²) in [7, 11) is 0. The second-order valence-electron chi connectivity index (χ2n) is 4.28. The average Bonchev–Trinajstić information content (AvgIpc) is 3.08. The topological polar surface area (TPSA) is 24.9 Å². The number of halogens is 5. The number of pyridine rings is 1. The van der Waals surface area contributed by atoms with E-state index in [1.54, 1.807) is 0 Å². The van der Waals surface area contributed by atoms with E-state index in [2.05, 4.69) is 10.3 Å². The maximum absolute atomic E-state index is 12.7. The number of hydrogen-bond acceptors (Lipinski definition) is 2. The van der Waals surface area contributed by atoms with Gasteiger partial charge in [0.25, 0.3) is 6.43 Å². The predicted octanol–water partition coefficient (Wildman–Crippen LogP) is 3.77. The van der Waals surface area contributed by atoms with Crippen LogP contribution in [0.4, 0.5) is 27.8 Å². The molecule has 18 heavy (non-hydrogen) atoms. The molecule has 1 aliphatic rings. The van der Waals surface area contributed by atoms with Crippen molar-refractivity contribution in [2.24, 2.45) is 5.92 Å². The fraction of sp³-hybridized carbons (Fsp3) is 0.545. The average molecular weight is 266 g/mol. The van der Waals surface area contributed by atoms with Crippen molar-refractivity contribution in [2.45, 2.75) is 31.5 Å². The lowest BCUT2D eigenvalue weighted by Gasteiger charge is -2.22. The number of nitrogens with one attached hydrogen (secondary N) is 1. The number of anilines is 1. The highest BCUT2D eigenvalue weighted by Crippen LogP contribution is 2.41. The lowest BCUT2D eigenvalue weighted by Crippen LogP contribution is -2.38. The number of nitrogens with zero attached hydrogens (tertiary/aromatic N) is 1. The first-order valence-electron chi connectivity index (χ1n) is 5.45. The Morgan fingerprint density at radius 2 is 1.94 bits per heavy atom. The summed E-state index contributed by atoms with van der Waals surface area (Å²) in [5.74, 6) is -0.649. The van der Waals surface area contributed by atoms with Crippen molar-refractivity contribution >= 4 is 5.82 Å². The third kappa shape index (κ3) is 3.08. The summed E-state index contributed by atoms with van der Waals surface area (Å²) in [5, 5.41) is 2.21. The number of hydrogen-bond donors (Lipinski definition) is 1. The number of aromatic nitrogens is 1. The van der Waals surface area contributed by atoms with Crippen LogP contribution in [0.25, 0.3) is 0 Å². The molecular formula is C11H11F5N2. The van der Waals surface area contributed by atoms with E-state index in [1.165, 1.54) is 0 Å². The molecule has 0 amide bonds. The molecule has 7 heteroatoms. The van der Waals surface area contributed by atoms with Crippen LogP contribution in [0.3, 0.4) is 0 Å². The maximum atomic E-state index is 12.7. The smallest absolute Gasteiger partial charge is 0.358 e. The van der Waals surface area contributed by atoms with Crippen molar-refractivity contribution < 1.29 is 22.0 Å². The Labute approximate surface area is 100 Å². The first-order chi connectivity index (χ1) is 8.38. The Kier molecular flexibility index (Phi) is 3.41. The highest BCUT2D eigenvalue weighted by Gasteiger charge is 2.49. The van der Waals surface area contributed by atoms with Gasteiger partial charge in [0, 0.05) is 11.8 Å². The molecule has 0 saturated heterocycles. The Hall–Kier alpha value is -1.40. The molecular weight excluding hydrogens is 255 g/mol. The normalized spacial score (nSPS) is 17.9. The van der Waals surface area contributed by atoms with Crippen LogP contribution in [0.5, 0.6) is 0 Å². The molecule has 2 nitrogen and oxygen atoms in total. The first kappa shape index (κ1) is 13.0. The highest BCUT2D eigenvalue weighted by molar-refractivity contribution is 5.40. The van der Waals surface area contributed by atoms with Gasteiger partial charge in [-0.2, -0.15) is 13.2 Å². The second kappa shape index (κ2) is 4.70. The van der Waals surface area contributed by atoms with Gasteiger partial charge >= 0.3 is 6.18 Å². The van der Waals surface area contributed by atoms with Crippen LogP contribution >= 0.6 is 0 Å². The van der Waals surface area contributed by atoms with Crippen molar-refractivity contribution in [3.63, 3.8) is 0 Å². The van der Waals surface area contributed by atoms with E-state index in [0.717, 1.165) is 18.3 Å². The Balaban J connectivity index is 2.14. The molecule has 1 N–H and O–H groups in total. The van der Waals surface area contributed by atoms with Gasteiger partial charge in [0.15, 0.2) is 0 Å². The summed E-state index contributed by atoms with van der Waals surface area (Å²) in [4.78, 5) is 3.64. The zero-order valence-electron chi connectivity index (χ0n) is 9.22. The van der Waals surface area contributed by atoms with Crippen LogP contribution in [0.15, 0.2) is 18.3 Å². The molecule has 0 aromatic carbocycles. The molecule has 1 heterocycles. The van der Waals surface area contributed by atoms with Crippen molar-refractivity contribution in [1.29, 1.82) is 0 Å². The molecule has 1 saturated carbocycles. The van der Waals surface area contributed by atoms with E-state index in [0.29, 0.717) is 12.8 Å². The third-order valence-electron chi connectivity index (χ3n) is 2.79. The van der Waals surface area contributed by atoms with Crippen molar-refractivity contribution in [3.8, 4) is 0 Å². The summed E-state index contributed by atoms with van der Waals surface area (Å²) in [6.07, 6.45) is -5.07. The molecule has 1 atom stereocenters. The molecule has 1 unspecified atom stereocenters. The Morgan fingerprint density at radius 3 is 2.44 bits per heavy atom. The van der Waals surface area contributed by atoms with Crippen LogP contribution in [0, 0.1) is 5.92 Å². The van der Waals surface area contributed by atoms with E-state index >= 15 is 0 Å². The predicted molar refractivity (Wildman–Crippen MR) is 55.4 cm³/mol. The van der Waals surface area contributed by atoms with Crippen LogP contribution < -0.4 is 5.32 Å². The molecule has 2 rings (SSSR count).